The van der Waals surface area contributed by atoms with Crippen LogP contribution in [-0.2, 0) is 19.4 Å². The molecule has 3 rings (SSSR count). The van der Waals surface area contributed by atoms with Gasteiger partial charge in [-0.05, 0) is 12.5 Å². The van der Waals surface area contributed by atoms with Gasteiger partial charge in [-0.3, -0.25) is 0 Å². The quantitative estimate of drug-likeness (QED) is 0.740. The minimum atomic E-state index is 0.425. The molecular weight excluding hydrogens is 206 g/mol. The molecule has 2 aliphatic heterocycles. The molecule has 0 aliphatic carbocycles. The molecule has 0 fully saturated rings. The molecule has 0 atom stereocenters. The molecule has 0 radical (unpaired) electrons. The smallest absolute Gasteiger partial charge is 0.128 e. The van der Waals surface area contributed by atoms with Crippen molar-refractivity contribution in [3.8, 4) is 11.5 Å². The lowest BCUT2D eigenvalue weighted by molar-refractivity contribution is 0.159. The summed E-state index contributed by atoms with van der Waals surface area (Å²) in [4.78, 5) is 0. The molecule has 86 valence electrons. The number of rotatable bonds is 2. The molecule has 0 amide bonds. The largest absolute Gasteiger partial charge is 0.493 e. The molecule has 4 nitrogen and oxygen atoms in total. The van der Waals surface area contributed by atoms with Crippen LogP contribution in [0.2, 0.25) is 0 Å². The highest BCUT2D eigenvalue weighted by Gasteiger charge is 2.29. The van der Waals surface area contributed by atoms with Crippen LogP contribution in [0, 0.1) is 6.92 Å². The van der Waals surface area contributed by atoms with E-state index in [4.69, 9.17) is 14.7 Å². The van der Waals surface area contributed by atoms with Crippen molar-refractivity contribution in [1.29, 1.82) is 0 Å². The number of nitrogens with one attached hydrogen (secondary N) is 1. The Labute approximate surface area is 94.1 Å². The van der Waals surface area contributed by atoms with Crippen molar-refractivity contribution in [3.63, 3.8) is 0 Å². The molecule has 0 bridgehead atoms. The van der Waals surface area contributed by atoms with Gasteiger partial charge in [-0.1, -0.05) is 0 Å². The van der Waals surface area contributed by atoms with E-state index in [1.54, 1.807) is 0 Å². The first-order valence-corrected chi connectivity index (χ1v) is 5.62. The Morgan fingerprint density at radius 1 is 1.12 bits per heavy atom. The van der Waals surface area contributed by atoms with Crippen LogP contribution in [0.15, 0.2) is 0 Å². The molecule has 0 saturated heterocycles. The van der Waals surface area contributed by atoms with E-state index >= 15 is 0 Å². The lowest BCUT2D eigenvalue weighted by Crippen LogP contribution is -2.10. The van der Waals surface area contributed by atoms with Gasteiger partial charge in [-0.2, -0.15) is 0 Å². The number of hydrogen-bond donors (Lipinski definition) is 2. The fourth-order valence-corrected chi connectivity index (χ4v) is 2.70. The normalized spacial score (nSPS) is 16.6. The standard InChI is InChI=1S/C12H15NO3/c1-7-8-2-4-16-12(8)10(6-13-14)9-3-5-15-11(7)9/h13-14H,2-6H2,1H3. The van der Waals surface area contributed by atoms with Crippen molar-refractivity contribution in [1.82, 2.24) is 5.48 Å². The fourth-order valence-electron chi connectivity index (χ4n) is 2.70. The lowest BCUT2D eigenvalue weighted by atomic mass is 9.95. The number of hydroxylamine groups is 1. The molecule has 0 unspecified atom stereocenters. The highest BCUT2D eigenvalue weighted by Crippen LogP contribution is 2.43. The van der Waals surface area contributed by atoms with E-state index in [0.29, 0.717) is 6.54 Å². The molecule has 1 aromatic carbocycles. The van der Waals surface area contributed by atoms with E-state index in [1.807, 2.05) is 0 Å². The number of fused-ring (bicyclic) bond motifs is 2. The second kappa shape index (κ2) is 3.64. The van der Waals surface area contributed by atoms with Gasteiger partial charge in [-0.25, -0.2) is 5.48 Å². The summed E-state index contributed by atoms with van der Waals surface area (Å²) in [6, 6.07) is 0. The Morgan fingerprint density at radius 2 is 1.81 bits per heavy atom. The van der Waals surface area contributed by atoms with Gasteiger partial charge in [0.2, 0.25) is 0 Å². The predicted molar refractivity (Wildman–Crippen MR) is 58.2 cm³/mol. The highest BCUT2D eigenvalue weighted by atomic mass is 16.5. The Morgan fingerprint density at radius 3 is 2.56 bits per heavy atom. The van der Waals surface area contributed by atoms with E-state index in [2.05, 4.69) is 12.4 Å². The topological polar surface area (TPSA) is 50.7 Å². The summed E-state index contributed by atoms with van der Waals surface area (Å²) >= 11 is 0. The number of ether oxygens (including phenoxy) is 2. The average Bonchev–Trinajstić information content (AvgIpc) is 2.92. The molecule has 0 saturated carbocycles. The zero-order valence-electron chi connectivity index (χ0n) is 9.30. The van der Waals surface area contributed by atoms with E-state index in [9.17, 15) is 0 Å². The minimum Gasteiger partial charge on any atom is -0.493 e. The van der Waals surface area contributed by atoms with Crippen LogP contribution in [-0.4, -0.2) is 18.4 Å². The lowest BCUT2D eigenvalue weighted by Gasteiger charge is -2.14. The SMILES string of the molecule is Cc1c2c(c(CNO)c3c1OCC3)OCC2. The van der Waals surface area contributed by atoms with Gasteiger partial charge in [-0.15, -0.1) is 0 Å². The summed E-state index contributed by atoms with van der Waals surface area (Å²) < 4.78 is 11.4. The summed E-state index contributed by atoms with van der Waals surface area (Å²) in [5.74, 6) is 1.97. The monoisotopic (exact) mass is 221 g/mol. The van der Waals surface area contributed by atoms with Crippen LogP contribution in [0.1, 0.15) is 22.3 Å². The molecule has 1 aromatic rings. The third-order valence-electron chi connectivity index (χ3n) is 3.43. The summed E-state index contributed by atoms with van der Waals surface area (Å²) in [6.07, 6.45) is 1.85. The van der Waals surface area contributed by atoms with E-state index in [1.165, 1.54) is 16.7 Å². The Balaban J connectivity index is 2.23. The zero-order valence-corrected chi connectivity index (χ0v) is 9.30. The molecule has 4 heteroatoms. The minimum absolute atomic E-state index is 0.425. The van der Waals surface area contributed by atoms with Crippen molar-refractivity contribution in [2.75, 3.05) is 13.2 Å². The Hall–Kier alpha value is -1.26. The summed E-state index contributed by atoms with van der Waals surface area (Å²) in [5.41, 5.74) is 6.94. The van der Waals surface area contributed by atoms with Gasteiger partial charge >= 0.3 is 0 Å². The van der Waals surface area contributed by atoms with Crippen LogP contribution >= 0.6 is 0 Å². The molecular formula is C12H15NO3. The molecule has 2 aliphatic rings. The van der Waals surface area contributed by atoms with Gasteiger partial charge in [0.05, 0.1) is 13.2 Å². The van der Waals surface area contributed by atoms with Gasteiger partial charge < -0.3 is 14.7 Å². The predicted octanol–water partition coefficient (Wildman–Crippen LogP) is 1.34. The van der Waals surface area contributed by atoms with Gasteiger partial charge in [0.25, 0.3) is 0 Å². The third-order valence-corrected chi connectivity index (χ3v) is 3.43. The van der Waals surface area contributed by atoms with E-state index in [-0.39, 0.29) is 0 Å². The summed E-state index contributed by atoms with van der Waals surface area (Å²) in [6.45, 7) is 3.98. The van der Waals surface area contributed by atoms with E-state index < -0.39 is 0 Å². The third kappa shape index (κ3) is 1.23. The first-order valence-electron chi connectivity index (χ1n) is 5.62. The second-order valence-electron chi connectivity index (χ2n) is 4.25. The molecule has 2 N–H and O–H groups in total. The van der Waals surface area contributed by atoms with Crippen molar-refractivity contribution in [3.05, 3.63) is 22.3 Å². The van der Waals surface area contributed by atoms with Crippen molar-refractivity contribution >= 4 is 0 Å². The summed E-state index contributed by atoms with van der Waals surface area (Å²) in [7, 11) is 0. The maximum Gasteiger partial charge on any atom is 0.128 e. The van der Waals surface area contributed by atoms with Crippen LogP contribution in [0.4, 0.5) is 0 Å². The van der Waals surface area contributed by atoms with Crippen LogP contribution in [0.5, 0.6) is 11.5 Å². The Kier molecular flexibility index (Phi) is 2.26. The maximum absolute atomic E-state index is 8.91. The molecule has 2 heterocycles. The first-order chi connectivity index (χ1) is 7.83. The van der Waals surface area contributed by atoms with Crippen LogP contribution in [0.3, 0.4) is 0 Å². The zero-order chi connectivity index (χ0) is 11.1. The molecule has 0 spiro atoms. The van der Waals surface area contributed by atoms with Crippen molar-refractivity contribution < 1.29 is 14.7 Å². The van der Waals surface area contributed by atoms with E-state index in [0.717, 1.165) is 43.1 Å². The maximum atomic E-state index is 8.91. The molecule has 0 aromatic heterocycles. The average molecular weight is 221 g/mol. The second-order valence-corrected chi connectivity index (χ2v) is 4.25. The van der Waals surface area contributed by atoms with Crippen molar-refractivity contribution in [2.45, 2.75) is 26.3 Å². The van der Waals surface area contributed by atoms with Crippen molar-refractivity contribution in [2.24, 2.45) is 0 Å². The van der Waals surface area contributed by atoms with Gasteiger partial charge in [0.1, 0.15) is 11.5 Å². The fraction of sp³-hybridized carbons (Fsp3) is 0.500. The van der Waals surface area contributed by atoms with Gasteiger partial charge in [0, 0.05) is 36.1 Å². The Bertz CT molecular complexity index is 407. The van der Waals surface area contributed by atoms with Gasteiger partial charge in [0.15, 0.2) is 0 Å². The van der Waals surface area contributed by atoms with Crippen LogP contribution in [0.25, 0.3) is 0 Å². The molecule has 16 heavy (non-hydrogen) atoms. The summed E-state index contributed by atoms with van der Waals surface area (Å²) in [5, 5.41) is 8.91. The highest BCUT2D eigenvalue weighted by molar-refractivity contribution is 5.61. The number of benzene rings is 1. The number of hydrogen-bond acceptors (Lipinski definition) is 4. The van der Waals surface area contributed by atoms with Crippen LogP contribution < -0.4 is 15.0 Å². The first kappa shape index (κ1) is 9.93.